The van der Waals surface area contributed by atoms with Gasteiger partial charge in [-0.3, -0.25) is 4.79 Å². The first-order valence-electron chi connectivity index (χ1n) is 12.4. The van der Waals surface area contributed by atoms with Crippen molar-refractivity contribution in [3.63, 3.8) is 0 Å². The number of alkyl halides is 3. The van der Waals surface area contributed by atoms with Gasteiger partial charge in [0.2, 0.25) is 15.9 Å². The summed E-state index contributed by atoms with van der Waals surface area (Å²) in [5, 5.41) is 8.17. The van der Waals surface area contributed by atoms with Crippen LogP contribution in [0.3, 0.4) is 0 Å². The number of ether oxygens (including phenoxy) is 1. The van der Waals surface area contributed by atoms with Gasteiger partial charge in [-0.2, -0.15) is 17.9 Å². The van der Waals surface area contributed by atoms with Crippen LogP contribution in [0, 0.1) is 5.92 Å². The van der Waals surface area contributed by atoms with E-state index in [1.165, 1.54) is 17.4 Å². The minimum absolute atomic E-state index is 0.0310. The summed E-state index contributed by atoms with van der Waals surface area (Å²) in [4.78, 5) is 15.3. The molecule has 2 heterocycles. The van der Waals surface area contributed by atoms with Crippen LogP contribution in [0.1, 0.15) is 56.5 Å². The van der Waals surface area contributed by atoms with Crippen molar-refractivity contribution in [1.82, 2.24) is 19.9 Å². The molecule has 1 aromatic carbocycles. The highest BCUT2D eigenvalue weighted by molar-refractivity contribution is 7.89. The maximum Gasteiger partial charge on any atom is 0.404 e. The summed E-state index contributed by atoms with van der Waals surface area (Å²) >= 11 is 14.1. The molecule has 1 atom stereocenters. The topological polar surface area (TPSA) is 124 Å². The van der Waals surface area contributed by atoms with Crippen molar-refractivity contribution in [3.8, 4) is 21.3 Å². The van der Waals surface area contributed by atoms with Crippen LogP contribution in [0.5, 0.6) is 0 Å². The van der Waals surface area contributed by atoms with Gasteiger partial charge in [0.25, 0.3) is 12.4 Å². The van der Waals surface area contributed by atoms with Gasteiger partial charge in [0.1, 0.15) is 17.0 Å². The van der Waals surface area contributed by atoms with E-state index >= 15 is 0 Å². The smallest absolute Gasteiger partial charge is 0.404 e. The van der Waals surface area contributed by atoms with Crippen molar-refractivity contribution >= 4 is 51.0 Å². The first kappa shape index (κ1) is 29.2. The largest absolute Gasteiger partial charge is 0.465 e. The molecule has 216 valence electrons. The number of halogens is 5. The van der Waals surface area contributed by atoms with Crippen molar-refractivity contribution < 1.29 is 35.5 Å². The summed E-state index contributed by atoms with van der Waals surface area (Å²) in [6.07, 6.45) is 0.0316. The molecule has 2 saturated carbocycles. The van der Waals surface area contributed by atoms with Gasteiger partial charge >= 0.3 is 6.18 Å². The molecule has 5 rings (SSSR count). The van der Waals surface area contributed by atoms with Crippen molar-refractivity contribution in [3.05, 3.63) is 33.8 Å². The maximum absolute atomic E-state index is 13.0. The summed E-state index contributed by atoms with van der Waals surface area (Å²) in [6.45, 7) is 1.11. The summed E-state index contributed by atoms with van der Waals surface area (Å²) in [6, 6.07) is 0.206. The SMILES string of the molecule is C[C@H](NS(=O)(=O)c1ccc(-c2sc(-c3nnc([C@H]4C[C@H](OC=O)C4)o3)nc2CC2CCC2)c(Cl)c1Cl)C(F)(F)F. The molecule has 40 heavy (non-hydrogen) atoms. The van der Waals surface area contributed by atoms with Gasteiger partial charge in [-0.15, -0.1) is 21.5 Å². The molecule has 0 saturated heterocycles. The lowest BCUT2D eigenvalue weighted by atomic mass is 9.82. The van der Waals surface area contributed by atoms with Crippen LogP contribution >= 0.6 is 34.5 Å². The van der Waals surface area contributed by atoms with E-state index in [4.69, 9.17) is 37.3 Å². The predicted octanol–water partition coefficient (Wildman–Crippen LogP) is 6.16. The molecular weight excluding hydrogens is 616 g/mol. The molecule has 3 aromatic rings. The second kappa shape index (κ2) is 11.2. The van der Waals surface area contributed by atoms with Crippen molar-refractivity contribution in [1.29, 1.82) is 0 Å². The number of carbonyl (C=O) groups excluding carboxylic acids is 1. The fourth-order valence-corrected chi connectivity index (χ4v) is 7.68. The first-order valence-corrected chi connectivity index (χ1v) is 15.4. The average molecular weight is 640 g/mol. The van der Waals surface area contributed by atoms with Crippen LogP contribution in [-0.2, 0) is 26.0 Å². The molecule has 0 amide bonds. The van der Waals surface area contributed by atoms with Crippen LogP contribution < -0.4 is 4.72 Å². The molecule has 16 heteroatoms. The van der Waals surface area contributed by atoms with Gasteiger partial charge in [0, 0.05) is 11.5 Å². The van der Waals surface area contributed by atoms with E-state index in [1.54, 1.807) is 4.72 Å². The molecule has 0 aliphatic heterocycles. The molecule has 2 aromatic heterocycles. The van der Waals surface area contributed by atoms with Crippen molar-refractivity contribution in [2.45, 2.75) is 74.6 Å². The Morgan fingerprint density at radius 3 is 2.58 bits per heavy atom. The number of nitrogens with zero attached hydrogens (tertiary/aromatic N) is 3. The molecule has 0 radical (unpaired) electrons. The van der Waals surface area contributed by atoms with Crippen molar-refractivity contribution in [2.75, 3.05) is 0 Å². The maximum atomic E-state index is 13.0. The van der Waals surface area contributed by atoms with Gasteiger partial charge in [0.15, 0.2) is 5.01 Å². The minimum Gasteiger partial charge on any atom is -0.465 e. The highest BCUT2D eigenvalue weighted by Crippen LogP contribution is 2.45. The summed E-state index contributed by atoms with van der Waals surface area (Å²) in [7, 11) is -4.63. The van der Waals surface area contributed by atoms with Gasteiger partial charge in [-0.1, -0.05) is 48.5 Å². The van der Waals surface area contributed by atoms with E-state index < -0.39 is 32.2 Å². The Labute approximate surface area is 241 Å². The fraction of sp³-hybridized carbons (Fsp3) is 0.500. The summed E-state index contributed by atoms with van der Waals surface area (Å²) in [5.41, 5.74) is 1.09. The molecule has 2 aliphatic carbocycles. The van der Waals surface area contributed by atoms with Gasteiger partial charge < -0.3 is 9.15 Å². The third-order valence-corrected chi connectivity index (χ3v) is 10.8. The molecular formula is C24H23Cl2F3N4O5S2. The molecule has 2 fully saturated rings. The van der Waals surface area contributed by atoms with E-state index in [0.29, 0.717) is 65.6 Å². The Balaban J connectivity index is 1.46. The first-order chi connectivity index (χ1) is 18.9. The van der Waals surface area contributed by atoms with Crippen LogP contribution in [0.2, 0.25) is 10.0 Å². The molecule has 0 bridgehead atoms. The van der Waals surface area contributed by atoms with Crippen molar-refractivity contribution in [2.24, 2.45) is 5.92 Å². The number of hydrogen-bond donors (Lipinski definition) is 1. The van der Waals surface area contributed by atoms with Crippen LogP contribution in [-0.4, -0.2) is 48.4 Å². The zero-order chi connectivity index (χ0) is 28.8. The highest BCUT2D eigenvalue weighted by atomic mass is 35.5. The quantitative estimate of drug-likeness (QED) is 0.262. The number of sulfonamides is 1. The number of rotatable bonds is 10. The number of nitrogens with one attached hydrogen (secondary N) is 1. The Hall–Kier alpha value is -2.26. The van der Waals surface area contributed by atoms with E-state index in [2.05, 4.69) is 10.2 Å². The third kappa shape index (κ3) is 5.87. The molecule has 1 N–H and O–H groups in total. The van der Waals surface area contributed by atoms with E-state index in [9.17, 15) is 26.4 Å². The van der Waals surface area contributed by atoms with Crippen LogP contribution in [0.15, 0.2) is 21.4 Å². The minimum atomic E-state index is -4.78. The molecule has 0 unspecified atom stereocenters. The van der Waals surface area contributed by atoms with Gasteiger partial charge in [-0.25, -0.2) is 13.4 Å². The number of hydrogen-bond acceptors (Lipinski definition) is 9. The third-order valence-electron chi connectivity index (χ3n) is 7.12. The number of carbonyl (C=O) groups is 1. The van der Waals surface area contributed by atoms with Crippen LogP contribution in [0.4, 0.5) is 13.2 Å². The number of aromatic nitrogens is 3. The lowest BCUT2D eigenvalue weighted by Crippen LogP contribution is -2.43. The predicted molar refractivity (Wildman–Crippen MR) is 141 cm³/mol. The summed E-state index contributed by atoms with van der Waals surface area (Å²) < 4.78 is 76.7. The normalized spacial score (nSPS) is 20.6. The highest BCUT2D eigenvalue weighted by Gasteiger charge is 2.40. The average Bonchev–Trinajstić information content (AvgIpc) is 3.46. The second-order valence-corrected chi connectivity index (χ2v) is 13.3. The Bertz CT molecular complexity index is 1520. The lowest BCUT2D eigenvalue weighted by molar-refractivity contribution is -0.147. The van der Waals surface area contributed by atoms with E-state index in [-0.39, 0.29) is 22.9 Å². The Morgan fingerprint density at radius 2 is 1.95 bits per heavy atom. The number of thiazole rings is 1. The molecule has 2 aliphatic rings. The molecule has 0 spiro atoms. The lowest BCUT2D eigenvalue weighted by Gasteiger charge is -2.30. The zero-order valence-electron chi connectivity index (χ0n) is 20.9. The Morgan fingerprint density at radius 1 is 1.23 bits per heavy atom. The molecule has 9 nitrogen and oxygen atoms in total. The van der Waals surface area contributed by atoms with E-state index in [0.717, 1.165) is 25.3 Å². The second-order valence-electron chi connectivity index (χ2n) is 9.89. The standard InChI is InChI=1S/C24H23Cl2F3N4O5S2/c1-11(24(27,28)29)33-40(35,36)17-6-5-15(18(25)19(17)26)20-16(7-12-3-2-4-12)30-23(39-20)22-32-31-21(38-22)13-8-14(9-13)37-10-34/h5-6,10-14,33H,2-4,7-9H2,1H3/t11-,13-,14-/m0/s1. The van der Waals surface area contributed by atoms with E-state index in [1.807, 2.05) is 0 Å². The Kier molecular flexibility index (Phi) is 8.18. The zero-order valence-corrected chi connectivity index (χ0v) is 24.0. The van der Waals surface area contributed by atoms with Gasteiger partial charge in [-0.05, 0) is 38.2 Å². The summed E-state index contributed by atoms with van der Waals surface area (Å²) in [5.74, 6) is 0.997. The fourth-order valence-electron chi connectivity index (χ4n) is 4.48. The van der Waals surface area contributed by atoms with Crippen LogP contribution in [0.25, 0.3) is 21.3 Å². The van der Waals surface area contributed by atoms with Gasteiger partial charge in [0.05, 0.1) is 20.6 Å². The number of benzene rings is 1. The monoisotopic (exact) mass is 638 g/mol.